The van der Waals surface area contributed by atoms with Gasteiger partial charge in [-0.1, -0.05) is 24.3 Å². The molecule has 1 unspecified atom stereocenters. The number of aromatic nitrogens is 2. The molecule has 2 heterocycles. The lowest BCUT2D eigenvalue weighted by molar-refractivity contribution is -0.144. The van der Waals surface area contributed by atoms with Crippen molar-refractivity contribution in [1.29, 1.82) is 5.41 Å². The van der Waals surface area contributed by atoms with Crippen LogP contribution in [0.3, 0.4) is 0 Å². The molecule has 1 saturated heterocycles. The van der Waals surface area contributed by atoms with E-state index in [4.69, 9.17) is 21.0 Å². The summed E-state index contributed by atoms with van der Waals surface area (Å²) in [5.41, 5.74) is 7.76. The maximum Gasteiger partial charge on any atom is 0.329 e. The van der Waals surface area contributed by atoms with Gasteiger partial charge in [0.2, 0.25) is 0 Å². The van der Waals surface area contributed by atoms with Crippen LogP contribution in [0.1, 0.15) is 18.4 Å². The van der Waals surface area contributed by atoms with Crippen LogP contribution in [0.5, 0.6) is 0 Å². The van der Waals surface area contributed by atoms with E-state index in [1.54, 1.807) is 12.1 Å². The van der Waals surface area contributed by atoms with Crippen LogP contribution in [-0.2, 0) is 9.53 Å². The van der Waals surface area contributed by atoms with E-state index in [1.165, 1.54) is 0 Å². The van der Waals surface area contributed by atoms with E-state index in [1.807, 2.05) is 24.3 Å². The minimum absolute atomic E-state index is 0.0303. The zero-order chi connectivity index (χ0) is 18.5. The van der Waals surface area contributed by atoms with E-state index < -0.39 is 5.97 Å². The number of carboxylic acids is 1. The second-order valence-corrected chi connectivity index (χ2v) is 6.18. The molecule has 0 bridgehead atoms. The lowest BCUT2D eigenvalue weighted by Gasteiger charge is -2.32. The van der Waals surface area contributed by atoms with Crippen LogP contribution in [0, 0.1) is 5.41 Å². The van der Waals surface area contributed by atoms with E-state index in [2.05, 4.69) is 15.1 Å². The first-order valence-corrected chi connectivity index (χ1v) is 8.40. The van der Waals surface area contributed by atoms with Crippen molar-refractivity contribution in [2.45, 2.75) is 18.9 Å². The number of nitrogens with one attached hydrogen (secondary N) is 1. The van der Waals surface area contributed by atoms with Crippen molar-refractivity contribution < 1.29 is 14.6 Å². The van der Waals surface area contributed by atoms with Gasteiger partial charge in [0.15, 0.2) is 5.82 Å². The molecule has 8 heteroatoms. The van der Waals surface area contributed by atoms with Gasteiger partial charge in [0.1, 0.15) is 12.4 Å². The summed E-state index contributed by atoms with van der Waals surface area (Å²) in [5.74, 6) is -0.178. The first-order valence-electron chi connectivity index (χ1n) is 8.40. The molecule has 0 radical (unpaired) electrons. The Balaban J connectivity index is 1.67. The van der Waals surface area contributed by atoms with Crippen molar-refractivity contribution in [3.63, 3.8) is 0 Å². The summed E-state index contributed by atoms with van der Waals surface area (Å²) >= 11 is 0. The van der Waals surface area contributed by atoms with Crippen LogP contribution in [-0.4, -0.2) is 52.9 Å². The predicted molar refractivity (Wildman–Crippen MR) is 97.3 cm³/mol. The van der Waals surface area contributed by atoms with Crippen LogP contribution in [0.4, 0.5) is 5.82 Å². The summed E-state index contributed by atoms with van der Waals surface area (Å²) in [7, 11) is 0. The number of nitrogen functional groups attached to an aromatic ring is 1. The van der Waals surface area contributed by atoms with Gasteiger partial charge in [-0.3, -0.25) is 5.41 Å². The first kappa shape index (κ1) is 17.8. The second-order valence-electron chi connectivity index (χ2n) is 6.18. The number of rotatable bonds is 6. The SMILES string of the molecule is N=C(N)c1ccc(-c2ccc(N3CCCC(OCC(=O)O)C3)nn2)cc1. The first-order chi connectivity index (χ1) is 12.5. The number of carboxylic acid groups (broad SMARTS) is 1. The van der Waals surface area contributed by atoms with E-state index >= 15 is 0 Å². The number of aliphatic carboxylic acids is 1. The summed E-state index contributed by atoms with van der Waals surface area (Å²) in [4.78, 5) is 12.7. The minimum atomic E-state index is -0.956. The standard InChI is InChI=1S/C18H21N5O3/c19-18(20)13-5-3-12(4-6-13)15-7-8-16(22-21-15)23-9-1-2-14(10-23)26-11-17(24)25/h3-8,14H,1-2,9-11H2,(H3,19,20)(H,24,25). The number of ether oxygens (including phenoxy) is 1. The third-order valence-electron chi connectivity index (χ3n) is 4.29. The van der Waals surface area contributed by atoms with Crippen molar-refractivity contribution >= 4 is 17.6 Å². The molecule has 4 N–H and O–H groups in total. The highest BCUT2D eigenvalue weighted by Crippen LogP contribution is 2.22. The summed E-state index contributed by atoms with van der Waals surface area (Å²) in [6.45, 7) is 1.17. The Morgan fingerprint density at radius 3 is 2.65 bits per heavy atom. The molecule has 1 aliphatic rings. The molecular weight excluding hydrogens is 334 g/mol. The highest BCUT2D eigenvalue weighted by atomic mass is 16.5. The Kier molecular flexibility index (Phi) is 5.43. The highest BCUT2D eigenvalue weighted by Gasteiger charge is 2.22. The number of nitrogens with zero attached hydrogens (tertiary/aromatic N) is 3. The van der Waals surface area contributed by atoms with Crippen molar-refractivity contribution in [2.24, 2.45) is 5.73 Å². The average Bonchev–Trinajstić information content (AvgIpc) is 2.67. The molecule has 1 aromatic carbocycles. The molecule has 3 rings (SSSR count). The molecule has 136 valence electrons. The lowest BCUT2D eigenvalue weighted by Crippen LogP contribution is -2.40. The molecule has 1 aliphatic heterocycles. The Bertz CT molecular complexity index is 776. The predicted octanol–water partition coefficient (Wildman–Crippen LogP) is 1.50. The fraction of sp³-hybridized carbons (Fsp3) is 0.333. The molecule has 0 aliphatic carbocycles. The molecule has 1 fully saturated rings. The fourth-order valence-corrected chi connectivity index (χ4v) is 2.94. The topological polar surface area (TPSA) is 125 Å². The van der Waals surface area contributed by atoms with Crippen LogP contribution >= 0.6 is 0 Å². The fourth-order valence-electron chi connectivity index (χ4n) is 2.94. The van der Waals surface area contributed by atoms with Gasteiger partial charge < -0.3 is 20.5 Å². The number of nitrogens with two attached hydrogens (primary N) is 1. The highest BCUT2D eigenvalue weighted by molar-refractivity contribution is 5.95. The maximum atomic E-state index is 10.6. The number of carbonyl (C=O) groups is 1. The van der Waals surface area contributed by atoms with Gasteiger partial charge in [0.05, 0.1) is 11.8 Å². The van der Waals surface area contributed by atoms with E-state index in [9.17, 15) is 4.79 Å². The Morgan fingerprint density at radius 1 is 1.27 bits per heavy atom. The van der Waals surface area contributed by atoms with Gasteiger partial charge in [0, 0.05) is 24.2 Å². The zero-order valence-corrected chi connectivity index (χ0v) is 14.3. The van der Waals surface area contributed by atoms with E-state index in [0.717, 1.165) is 36.5 Å². The average molecular weight is 355 g/mol. The van der Waals surface area contributed by atoms with Crippen LogP contribution < -0.4 is 10.6 Å². The molecule has 26 heavy (non-hydrogen) atoms. The summed E-state index contributed by atoms with van der Waals surface area (Å²) in [6.07, 6.45) is 1.65. The van der Waals surface area contributed by atoms with Gasteiger partial charge in [-0.2, -0.15) is 0 Å². The Morgan fingerprint density at radius 2 is 2.04 bits per heavy atom. The maximum absolute atomic E-state index is 10.6. The number of benzene rings is 1. The molecular formula is C18H21N5O3. The van der Waals surface area contributed by atoms with E-state index in [0.29, 0.717) is 12.1 Å². The number of hydrogen-bond acceptors (Lipinski definition) is 6. The largest absolute Gasteiger partial charge is 0.480 e. The number of hydrogen-bond donors (Lipinski definition) is 3. The molecule has 0 saturated carbocycles. The number of piperidine rings is 1. The van der Waals surface area contributed by atoms with E-state index in [-0.39, 0.29) is 18.5 Å². The minimum Gasteiger partial charge on any atom is -0.480 e. The van der Waals surface area contributed by atoms with Gasteiger partial charge in [-0.15, -0.1) is 10.2 Å². The lowest BCUT2D eigenvalue weighted by atomic mass is 10.1. The molecule has 2 aromatic rings. The normalized spacial score (nSPS) is 17.1. The summed E-state index contributed by atoms with van der Waals surface area (Å²) < 4.78 is 5.40. The van der Waals surface area contributed by atoms with Gasteiger partial charge in [0.25, 0.3) is 0 Å². The molecule has 0 amide bonds. The number of anilines is 1. The molecule has 1 aromatic heterocycles. The zero-order valence-electron chi connectivity index (χ0n) is 14.3. The molecule has 0 spiro atoms. The second kappa shape index (κ2) is 7.92. The van der Waals surface area contributed by atoms with Crippen molar-refractivity contribution in [3.05, 3.63) is 42.0 Å². The van der Waals surface area contributed by atoms with Crippen molar-refractivity contribution in [1.82, 2.24) is 10.2 Å². The quantitative estimate of drug-likeness (QED) is 0.529. The Hall–Kier alpha value is -3.00. The van der Waals surface area contributed by atoms with Crippen LogP contribution in [0.15, 0.2) is 36.4 Å². The van der Waals surface area contributed by atoms with Gasteiger partial charge >= 0.3 is 5.97 Å². The third kappa shape index (κ3) is 4.34. The van der Waals surface area contributed by atoms with Gasteiger partial charge in [-0.05, 0) is 25.0 Å². The van der Waals surface area contributed by atoms with Crippen LogP contribution in [0.2, 0.25) is 0 Å². The van der Waals surface area contributed by atoms with Crippen molar-refractivity contribution in [3.8, 4) is 11.3 Å². The monoisotopic (exact) mass is 355 g/mol. The van der Waals surface area contributed by atoms with Crippen molar-refractivity contribution in [2.75, 3.05) is 24.6 Å². The summed E-state index contributed by atoms with van der Waals surface area (Å²) in [5, 5.41) is 24.7. The van der Waals surface area contributed by atoms with Crippen LogP contribution in [0.25, 0.3) is 11.3 Å². The number of amidine groups is 1. The molecule has 1 atom stereocenters. The molecule has 8 nitrogen and oxygen atoms in total. The van der Waals surface area contributed by atoms with Gasteiger partial charge in [-0.25, -0.2) is 4.79 Å². The summed E-state index contributed by atoms with van der Waals surface area (Å²) in [6, 6.07) is 11.1. The Labute approximate surface area is 151 Å². The smallest absolute Gasteiger partial charge is 0.329 e. The third-order valence-corrected chi connectivity index (χ3v) is 4.29.